The van der Waals surface area contributed by atoms with E-state index in [9.17, 15) is 9.59 Å². The predicted octanol–water partition coefficient (Wildman–Crippen LogP) is 0.302. The number of carbonyl (C=O) groups excluding carboxylic acids is 2. The van der Waals surface area contributed by atoms with E-state index < -0.39 is 18.0 Å². The zero-order valence-corrected chi connectivity index (χ0v) is 8.57. The van der Waals surface area contributed by atoms with Crippen LogP contribution in [0.1, 0.15) is 34.1 Å². The maximum atomic E-state index is 10.2. The topological polar surface area (TPSA) is 74.6 Å². The molecule has 0 aromatic rings. The molecule has 0 aromatic heterocycles. The lowest BCUT2D eigenvalue weighted by molar-refractivity contribution is -0.129. The molecule has 0 aliphatic heterocycles. The minimum Gasteiger partial charge on any atom is -0.390 e. The molecule has 2 unspecified atom stereocenters. The third-order valence-corrected chi connectivity index (χ3v) is 1.37. The first kappa shape index (κ1) is 14.8. The molecule has 13 heavy (non-hydrogen) atoms. The van der Waals surface area contributed by atoms with Gasteiger partial charge in [0, 0.05) is 6.42 Å². The lowest BCUT2D eigenvalue weighted by Gasteiger charge is -2.07. The third-order valence-electron chi connectivity index (χ3n) is 1.37. The van der Waals surface area contributed by atoms with Crippen LogP contribution in [0.2, 0.25) is 0 Å². The SMILES string of the molecule is CC(=O)C(O)C(C)O.CCC(C)=O. The summed E-state index contributed by atoms with van der Waals surface area (Å²) in [6, 6.07) is 0. The summed E-state index contributed by atoms with van der Waals surface area (Å²) in [5.74, 6) is -0.148. The molecular weight excluding hydrogens is 172 g/mol. The van der Waals surface area contributed by atoms with Crippen molar-refractivity contribution in [3.8, 4) is 0 Å². The number of rotatable bonds is 3. The summed E-state index contributed by atoms with van der Waals surface area (Å²) < 4.78 is 0. The van der Waals surface area contributed by atoms with E-state index in [2.05, 4.69) is 0 Å². The van der Waals surface area contributed by atoms with Gasteiger partial charge in [0.1, 0.15) is 11.9 Å². The first-order valence-corrected chi connectivity index (χ1v) is 4.18. The fourth-order valence-electron chi connectivity index (χ4n) is 0.340. The Morgan fingerprint density at radius 1 is 1.23 bits per heavy atom. The Bertz CT molecular complexity index is 163. The van der Waals surface area contributed by atoms with Gasteiger partial charge in [-0.2, -0.15) is 0 Å². The van der Waals surface area contributed by atoms with Crippen molar-refractivity contribution < 1.29 is 19.8 Å². The molecule has 0 aliphatic rings. The van der Waals surface area contributed by atoms with E-state index in [1.807, 2.05) is 6.92 Å². The molecule has 0 aliphatic carbocycles. The van der Waals surface area contributed by atoms with Gasteiger partial charge in [0.25, 0.3) is 0 Å². The molecule has 0 saturated carbocycles. The third kappa shape index (κ3) is 11.3. The Morgan fingerprint density at radius 3 is 1.54 bits per heavy atom. The van der Waals surface area contributed by atoms with Gasteiger partial charge in [-0.05, 0) is 20.8 Å². The van der Waals surface area contributed by atoms with Gasteiger partial charge in [0.15, 0.2) is 5.78 Å². The van der Waals surface area contributed by atoms with Gasteiger partial charge in [-0.15, -0.1) is 0 Å². The van der Waals surface area contributed by atoms with Crippen LogP contribution in [0, 0.1) is 0 Å². The fraction of sp³-hybridized carbons (Fsp3) is 0.778. The molecule has 0 fully saturated rings. The Kier molecular flexibility index (Phi) is 8.96. The molecule has 78 valence electrons. The van der Waals surface area contributed by atoms with Crippen LogP contribution in [0.15, 0.2) is 0 Å². The number of hydrogen-bond donors (Lipinski definition) is 2. The van der Waals surface area contributed by atoms with Crippen molar-refractivity contribution in [3.63, 3.8) is 0 Å². The minimum absolute atomic E-state index is 0.255. The van der Waals surface area contributed by atoms with Crippen molar-refractivity contribution in [2.24, 2.45) is 0 Å². The van der Waals surface area contributed by atoms with Gasteiger partial charge in [-0.3, -0.25) is 4.79 Å². The molecule has 0 radical (unpaired) electrons. The number of aliphatic hydroxyl groups is 2. The van der Waals surface area contributed by atoms with E-state index >= 15 is 0 Å². The molecule has 4 heteroatoms. The molecular formula is C9H18O4. The number of ketones is 2. The molecule has 4 nitrogen and oxygen atoms in total. The summed E-state index contributed by atoms with van der Waals surface area (Å²) in [5, 5.41) is 17.1. The van der Waals surface area contributed by atoms with Crippen molar-refractivity contribution in [2.75, 3.05) is 0 Å². The Labute approximate surface area is 78.6 Å². The summed E-state index contributed by atoms with van der Waals surface area (Å²) in [4.78, 5) is 20.0. The lowest BCUT2D eigenvalue weighted by Crippen LogP contribution is -2.29. The average molecular weight is 190 g/mol. The smallest absolute Gasteiger partial charge is 0.160 e. The van der Waals surface area contributed by atoms with Gasteiger partial charge >= 0.3 is 0 Å². The van der Waals surface area contributed by atoms with Gasteiger partial charge in [-0.1, -0.05) is 6.92 Å². The maximum Gasteiger partial charge on any atom is 0.160 e. The summed E-state index contributed by atoms with van der Waals surface area (Å²) in [5.41, 5.74) is 0. The van der Waals surface area contributed by atoms with Crippen molar-refractivity contribution in [2.45, 2.75) is 46.3 Å². The van der Waals surface area contributed by atoms with Crippen LogP contribution in [0.5, 0.6) is 0 Å². The Hall–Kier alpha value is -0.740. The van der Waals surface area contributed by atoms with Crippen molar-refractivity contribution in [1.29, 1.82) is 0 Å². The van der Waals surface area contributed by atoms with E-state index in [1.54, 1.807) is 6.92 Å². The van der Waals surface area contributed by atoms with E-state index in [-0.39, 0.29) is 5.78 Å². The van der Waals surface area contributed by atoms with Crippen LogP contribution in [0.4, 0.5) is 0 Å². The highest BCUT2D eigenvalue weighted by Crippen LogP contribution is 1.91. The molecule has 0 spiro atoms. The lowest BCUT2D eigenvalue weighted by atomic mass is 10.2. The predicted molar refractivity (Wildman–Crippen MR) is 49.3 cm³/mol. The minimum atomic E-state index is -1.21. The van der Waals surface area contributed by atoms with Crippen LogP contribution in [0.25, 0.3) is 0 Å². The van der Waals surface area contributed by atoms with Gasteiger partial charge in [-0.25, -0.2) is 0 Å². The summed E-state index contributed by atoms with van der Waals surface area (Å²) in [6.07, 6.45) is -1.50. The van der Waals surface area contributed by atoms with E-state index in [1.165, 1.54) is 13.8 Å². The van der Waals surface area contributed by atoms with Crippen LogP contribution in [0.3, 0.4) is 0 Å². The van der Waals surface area contributed by atoms with Crippen LogP contribution in [-0.2, 0) is 9.59 Å². The quantitative estimate of drug-likeness (QED) is 0.671. The second kappa shape index (κ2) is 7.89. The molecule has 0 aromatic carbocycles. The highest BCUT2D eigenvalue weighted by atomic mass is 16.3. The first-order chi connectivity index (χ1) is 5.82. The van der Waals surface area contributed by atoms with Gasteiger partial charge < -0.3 is 15.0 Å². The highest BCUT2D eigenvalue weighted by molar-refractivity contribution is 5.80. The zero-order valence-electron chi connectivity index (χ0n) is 8.57. The standard InChI is InChI=1S/C5H10O3.C4H8O/c1-3(6)5(8)4(2)7;1-3-4(2)5/h3,5-6,8H,1-2H3;3H2,1-2H3. The van der Waals surface area contributed by atoms with Gasteiger partial charge in [0.05, 0.1) is 6.10 Å². The largest absolute Gasteiger partial charge is 0.390 e. The number of hydrogen-bond acceptors (Lipinski definition) is 4. The second-order valence-corrected chi connectivity index (χ2v) is 2.85. The number of carbonyl (C=O) groups is 2. The molecule has 0 amide bonds. The molecule has 0 saturated heterocycles. The fourth-order valence-corrected chi connectivity index (χ4v) is 0.340. The van der Waals surface area contributed by atoms with Crippen LogP contribution >= 0.6 is 0 Å². The zero-order chi connectivity index (χ0) is 11.0. The molecule has 2 atom stereocenters. The van der Waals surface area contributed by atoms with Gasteiger partial charge in [0.2, 0.25) is 0 Å². The van der Waals surface area contributed by atoms with Crippen molar-refractivity contribution in [1.82, 2.24) is 0 Å². The molecule has 0 rings (SSSR count). The maximum absolute atomic E-state index is 10.2. The summed E-state index contributed by atoms with van der Waals surface area (Å²) in [6.45, 7) is 6.03. The van der Waals surface area contributed by atoms with E-state index in [0.29, 0.717) is 6.42 Å². The summed E-state index contributed by atoms with van der Waals surface area (Å²) in [7, 11) is 0. The molecule has 2 N–H and O–H groups in total. The second-order valence-electron chi connectivity index (χ2n) is 2.85. The highest BCUT2D eigenvalue weighted by Gasteiger charge is 2.14. The van der Waals surface area contributed by atoms with Crippen molar-refractivity contribution in [3.05, 3.63) is 0 Å². The number of aliphatic hydroxyl groups excluding tert-OH is 2. The number of Topliss-reactive ketones (excluding diaryl/α,β-unsaturated/α-hetero) is 2. The van der Waals surface area contributed by atoms with Crippen LogP contribution in [-0.4, -0.2) is 34.0 Å². The monoisotopic (exact) mass is 190 g/mol. The normalized spacial score (nSPS) is 13.7. The van der Waals surface area contributed by atoms with Crippen molar-refractivity contribution >= 4 is 11.6 Å². The summed E-state index contributed by atoms with van der Waals surface area (Å²) >= 11 is 0. The van der Waals surface area contributed by atoms with E-state index in [4.69, 9.17) is 10.2 Å². The Balaban J connectivity index is 0. The molecule has 0 heterocycles. The first-order valence-electron chi connectivity index (χ1n) is 4.18. The van der Waals surface area contributed by atoms with E-state index in [0.717, 1.165) is 0 Å². The molecule has 0 bridgehead atoms. The Morgan fingerprint density at radius 2 is 1.54 bits per heavy atom. The van der Waals surface area contributed by atoms with Crippen LogP contribution < -0.4 is 0 Å². The average Bonchev–Trinajstić information content (AvgIpc) is 2.03.